The molecule has 2 aromatic heterocycles. The van der Waals surface area contributed by atoms with Gasteiger partial charge in [0.25, 0.3) is 0 Å². The summed E-state index contributed by atoms with van der Waals surface area (Å²) < 4.78 is 15.0. The van der Waals surface area contributed by atoms with Crippen LogP contribution in [0.3, 0.4) is 0 Å². The normalized spacial score (nSPS) is 20.8. The van der Waals surface area contributed by atoms with Gasteiger partial charge in [0.15, 0.2) is 0 Å². The van der Waals surface area contributed by atoms with E-state index in [9.17, 15) is 4.39 Å². The Morgan fingerprint density at radius 2 is 2.10 bits per heavy atom. The van der Waals surface area contributed by atoms with E-state index in [1.807, 2.05) is 22.9 Å². The first-order valence-electron chi connectivity index (χ1n) is 6.76. The van der Waals surface area contributed by atoms with Gasteiger partial charge >= 0.3 is 0 Å². The lowest BCUT2D eigenvalue weighted by Gasteiger charge is -2.31. The number of benzene rings is 1. The predicted octanol–water partition coefficient (Wildman–Crippen LogP) is 3.63. The van der Waals surface area contributed by atoms with Crippen molar-refractivity contribution in [1.82, 2.24) is 14.8 Å². The average molecular weight is 300 g/mol. The summed E-state index contributed by atoms with van der Waals surface area (Å²) >= 11 is 1.72. The molecule has 1 aromatic carbocycles. The van der Waals surface area contributed by atoms with Crippen LogP contribution in [0.25, 0.3) is 0 Å². The van der Waals surface area contributed by atoms with E-state index >= 15 is 0 Å². The third-order valence-electron chi connectivity index (χ3n) is 3.77. The number of halogens is 1. The molecule has 0 bridgehead atoms. The molecular formula is C15H13FN4S. The topological polar surface area (TPSA) is 42.7 Å². The van der Waals surface area contributed by atoms with E-state index in [-0.39, 0.29) is 17.9 Å². The number of nitrogens with one attached hydrogen (secondary N) is 1. The summed E-state index contributed by atoms with van der Waals surface area (Å²) in [4.78, 5) is 5.54. The summed E-state index contributed by atoms with van der Waals surface area (Å²) in [5.74, 6) is 0.543. The monoisotopic (exact) mass is 300 g/mol. The van der Waals surface area contributed by atoms with Gasteiger partial charge in [-0.15, -0.1) is 11.3 Å². The highest BCUT2D eigenvalue weighted by Gasteiger charge is 2.30. The minimum atomic E-state index is -0.215. The number of hydrogen-bond donors (Lipinski definition) is 1. The minimum Gasteiger partial charge on any atom is -0.348 e. The van der Waals surface area contributed by atoms with Crippen molar-refractivity contribution in [2.24, 2.45) is 0 Å². The first-order valence-corrected chi connectivity index (χ1v) is 7.64. The highest BCUT2D eigenvalue weighted by molar-refractivity contribution is 7.10. The van der Waals surface area contributed by atoms with Crippen molar-refractivity contribution in [1.29, 1.82) is 0 Å². The van der Waals surface area contributed by atoms with Gasteiger partial charge in [-0.25, -0.2) is 9.07 Å². The van der Waals surface area contributed by atoms with E-state index in [1.165, 1.54) is 17.0 Å². The smallest absolute Gasteiger partial charge is 0.222 e. The molecule has 4 nitrogen and oxygen atoms in total. The van der Waals surface area contributed by atoms with Gasteiger partial charge in [0.05, 0.1) is 12.1 Å². The van der Waals surface area contributed by atoms with E-state index < -0.39 is 0 Å². The van der Waals surface area contributed by atoms with Crippen molar-refractivity contribution in [2.75, 3.05) is 5.32 Å². The zero-order chi connectivity index (χ0) is 14.2. The van der Waals surface area contributed by atoms with Crippen LogP contribution in [-0.4, -0.2) is 14.8 Å². The van der Waals surface area contributed by atoms with Gasteiger partial charge < -0.3 is 5.32 Å². The summed E-state index contributed by atoms with van der Waals surface area (Å²) in [5.41, 5.74) is 1.06. The summed E-state index contributed by atoms with van der Waals surface area (Å²) in [6, 6.07) is 11.1. The standard InChI is InChI=1S/C15H13FN4S/c16-11-5-3-10(4-6-11)12-8-13(14-2-1-7-21-14)20-15(19-12)17-9-18-20/h1-7,9,12-13H,8H2,(H,17,18,19)/t12-,13-/m0/s1. The van der Waals surface area contributed by atoms with Crippen LogP contribution in [0.4, 0.5) is 10.3 Å². The van der Waals surface area contributed by atoms with Gasteiger partial charge in [-0.1, -0.05) is 18.2 Å². The second-order valence-electron chi connectivity index (χ2n) is 5.04. The fourth-order valence-corrected chi connectivity index (χ4v) is 3.58. The Balaban J connectivity index is 1.72. The Morgan fingerprint density at radius 3 is 2.86 bits per heavy atom. The number of fused-ring (bicyclic) bond motifs is 1. The van der Waals surface area contributed by atoms with Gasteiger partial charge in [0.1, 0.15) is 12.1 Å². The highest BCUT2D eigenvalue weighted by Crippen LogP contribution is 2.38. The molecule has 0 radical (unpaired) electrons. The average Bonchev–Trinajstić information content (AvgIpc) is 3.18. The van der Waals surface area contributed by atoms with Crippen LogP contribution >= 0.6 is 11.3 Å². The van der Waals surface area contributed by atoms with Gasteiger partial charge in [-0.05, 0) is 35.6 Å². The molecule has 0 aliphatic carbocycles. The van der Waals surface area contributed by atoms with Gasteiger partial charge in [0, 0.05) is 4.88 Å². The van der Waals surface area contributed by atoms with E-state index in [2.05, 4.69) is 26.8 Å². The Labute approximate surface area is 125 Å². The number of aromatic nitrogens is 3. The molecule has 0 saturated heterocycles. The van der Waals surface area contributed by atoms with E-state index in [1.54, 1.807) is 17.7 Å². The Kier molecular flexibility index (Phi) is 2.96. The lowest BCUT2D eigenvalue weighted by Crippen LogP contribution is -2.27. The Hall–Kier alpha value is -2.21. The van der Waals surface area contributed by atoms with Crippen molar-refractivity contribution < 1.29 is 4.39 Å². The van der Waals surface area contributed by atoms with Crippen LogP contribution in [0.1, 0.15) is 28.9 Å². The molecule has 4 rings (SSSR count). The molecular weight excluding hydrogens is 287 g/mol. The fourth-order valence-electron chi connectivity index (χ4n) is 2.75. The molecule has 0 spiro atoms. The first-order chi connectivity index (χ1) is 10.3. The van der Waals surface area contributed by atoms with Crippen LogP contribution < -0.4 is 5.32 Å². The van der Waals surface area contributed by atoms with Crippen molar-refractivity contribution in [2.45, 2.75) is 18.5 Å². The fraction of sp³-hybridized carbons (Fsp3) is 0.200. The molecule has 0 amide bonds. The number of hydrogen-bond acceptors (Lipinski definition) is 4. The van der Waals surface area contributed by atoms with Gasteiger partial charge in [-0.2, -0.15) is 10.1 Å². The molecule has 21 heavy (non-hydrogen) atoms. The molecule has 1 aliphatic rings. The van der Waals surface area contributed by atoms with E-state index in [0.717, 1.165) is 17.9 Å². The second kappa shape index (κ2) is 4.96. The maximum absolute atomic E-state index is 13.1. The van der Waals surface area contributed by atoms with Crippen LogP contribution in [0.15, 0.2) is 48.1 Å². The van der Waals surface area contributed by atoms with Crippen LogP contribution in [0, 0.1) is 5.82 Å². The molecule has 0 unspecified atom stereocenters. The first kappa shape index (κ1) is 12.5. The SMILES string of the molecule is Fc1ccc([C@@H]2C[C@@H](c3cccs3)n3ncnc3N2)cc1. The molecule has 3 aromatic rings. The summed E-state index contributed by atoms with van der Waals surface area (Å²) in [6.07, 6.45) is 2.43. The zero-order valence-corrected chi connectivity index (χ0v) is 11.9. The molecule has 6 heteroatoms. The third-order valence-corrected chi connectivity index (χ3v) is 4.75. The number of nitrogens with zero attached hydrogens (tertiary/aromatic N) is 3. The van der Waals surface area contributed by atoms with Crippen molar-refractivity contribution >= 4 is 17.3 Å². The lowest BCUT2D eigenvalue weighted by molar-refractivity contribution is 0.436. The maximum atomic E-state index is 13.1. The number of thiophene rings is 1. The van der Waals surface area contributed by atoms with Crippen LogP contribution in [0.5, 0.6) is 0 Å². The quantitative estimate of drug-likeness (QED) is 0.786. The van der Waals surface area contributed by atoms with Crippen LogP contribution in [-0.2, 0) is 0 Å². The van der Waals surface area contributed by atoms with E-state index in [4.69, 9.17) is 0 Å². The zero-order valence-electron chi connectivity index (χ0n) is 11.1. The minimum absolute atomic E-state index is 0.106. The summed E-state index contributed by atoms with van der Waals surface area (Å²) in [6.45, 7) is 0. The summed E-state index contributed by atoms with van der Waals surface area (Å²) in [5, 5.41) is 9.77. The second-order valence-corrected chi connectivity index (χ2v) is 6.02. The highest BCUT2D eigenvalue weighted by atomic mass is 32.1. The Bertz CT molecular complexity index is 735. The van der Waals surface area contributed by atoms with Crippen molar-refractivity contribution in [3.8, 4) is 0 Å². The number of anilines is 1. The molecule has 106 valence electrons. The molecule has 3 heterocycles. The maximum Gasteiger partial charge on any atom is 0.222 e. The molecule has 2 atom stereocenters. The largest absolute Gasteiger partial charge is 0.348 e. The lowest BCUT2D eigenvalue weighted by atomic mass is 9.97. The van der Waals surface area contributed by atoms with Gasteiger partial charge in [0.2, 0.25) is 5.95 Å². The molecule has 0 fully saturated rings. The number of rotatable bonds is 2. The van der Waals surface area contributed by atoms with Crippen molar-refractivity contribution in [3.05, 3.63) is 64.4 Å². The van der Waals surface area contributed by atoms with Crippen LogP contribution in [0.2, 0.25) is 0 Å². The molecule has 1 aliphatic heterocycles. The third kappa shape index (κ3) is 2.21. The summed E-state index contributed by atoms with van der Waals surface area (Å²) in [7, 11) is 0. The van der Waals surface area contributed by atoms with Crippen molar-refractivity contribution in [3.63, 3.8) is 0 Å². The van der Waals surface area contributed by atoms with E-state index in [0.29, 0.717) is 0 Å². The Morgan fingerprint density at radius 1 is 1.24 bits per heavy atom. The molecule has 1 N–H and O–H groups in total. The molecule has 0 saturated carbocycles. The predicted molar refractivity (Wildman–Crippen MR) is 79.9 cm³/mol. The van der Waals surface area contributed by atoms with Gasteiger partial charge in [-0.3, -0.25) is 0 Å².